The highest BCUT2D eigenvalue weighted by Gasteiger charge is 2.15. The van der Waals surface area contributed by atoms with Crippen LogP contribution in [0.2, 0.25) is 0 Å². The van der Waals surface area contributed by atoms with E-state index < -0.39 is 6.10 Å². The third-order valence-corrected chi connectivity index (χ3v) is 4.95. The van der Waals surface area contributed by atoms with Crippen LogP contribution in [0.4, 0.5) is 0 Å². The molecule has 1 aromatic heterocycles. The van der Waals surface area contributed by atoms with Crippen LogP contribution in [0.25, 0.3) is 10.9 Å². The Labute approximate surface area is 180 Å². The van der Waals surface area contributed by atoms with E-state index in [9.17, 15) is 14.7 Å². The maximum Gasteiger partial charge on any atom is 0.258 e. The molecule has 164 valence electrons. The first-order valence-electron chi connectivity index (χ1n) is 10.1. The standard InChI is InChI=1S/C23H27N3O5/c1-4-26(13-22-24-19-8-6-5-7-18(19)23(29)25-22)12-17(28)14-31-20-10-9-16(15(2)27)11-21(20)30-3/h5-11,17,28H,4,12-14H2,1-3H3,(H,24,25,29)/t17-/m1/s1. The Kier molecular flexibility index (Phi) is 7.38. The van der Waals surface area contributed by atoms with E-state index in [4.69, 9.17) is 9.47 Å². The number of rotatable bonds is 10. The van der Waals surface area contributed by atoms with Gasteiger partial charge in [0.1, 0.15) is 18.5 Å². The van der Waals surface area contributed by atoms with Gasteiger partial charge in [-0.25, -0.2) is 4.98 Å². The summed E-state index contributed by atoms with van der Waals surface area (Å²) < 4.78 is 11.0. The summed E-state index contributed by atoms with van der Waals surface area (Å²) >= 11 is 0. The zero-order valence-electron chi connectivity index (χ0n) is 17.9. The molecule has 1 heterocycles. The molecule has 1 atom stereocenters. The van der Waals surface area contributed by atoms with Gasteiger partial charge in [-0.3, -0.25) is 14.5 Å². The van der Waals surface area contributed by atoms with Gasteiger partial charge in [0.05, 0.1) is 24.6 Å². The molecular weight excluding hydrogens is 398 g/mol. The van der Waals surface area contributed by atoms with E-state index in [2.05, 4.69) is 9.97 Å². The molecule has 2 aromatic carbocycles. The maximum absolute atomic E-state index is 12.3. The predicted molar refractivity (Wildman–Crippen MR) is 118 cm³/mol. The first-order chi connectivity index (χ1) is 14.9. The molecule has 2 N–H and O–H groups in total. The Morgan fingerprint density at radius 1 is 1.23 bits per heavy atom. The van der Waals surface area contributed by atoms with Crippen LogP contribution in [0.3, 0.4) is 0 Å². The summed E-state index contributed by atoms with van der Waals surface area (Å²) in [7, 11) is 1.50. The van der Waals surface area contributed by atoms with Crippen LogP contribution in [-0.2, 0) is 6.54 Å². The molecule has 31 heavy (non-hydrogen) atoms. The lowest BCUT2D eigenvalue weighted by atomic mass is 10.1. The number of nitrogens with zero attached hydrogens (tertiary/aromatic N) is 2. The molecule has 0 aliphatic heterocycles. The largest absolute Gasteiger partial charge is 0.493 e. The average molecular weight is 425 g/mol. The number of Topliss-reactive ketones (excluding diaryl/α,β-unsaturated/α-hetero) is 1. The monoisotopic (exact) mass is 425 g/mol. The summed E-state index contributed by atoms with van der Waals surface area (Å²) in [5, 5.41) is 11.0. The summed E-state index contributed by atoms with van der Waals surface area (Å²) in [6.45, 7) is 4.88. The van der Waals surface area contributed by atoms with E-state index in [1.807, 2.05) is 17.9 Å². The van der Waals surface area contributed by atoms with Gasteiger partial charge in [0.25, 0.3) is 5.56 Å². The molecule has 8 heteroatoms. The first kappa shape index (κ1) is 22.5. The Hall–Kier alpha value is -3.23. The quantitative estimate of drug-likeness (QED) is 0.481. The lowest BCUT2D eigenvalue weighted by Gasteiger charge is -2.23. The summed E-state index contributed by atoms with van der Waals surface area (Å²) in [5.41, 5.74) is 0.989. The predicted octanol–water partition coefficient (Wildman–Crippen LogP) is 2.40. The minimum atomic E-state index is -0.774. The Bertz CT molecular complexity index is 1110. The highest BCUT2D eigenvalue weighted by Crippen LogP contribution is 2.28. The van der Waals surface area contributed by atoms with Crippen LogP contribution in [0.15, 0.2) is 47.3 Å². The molecule has 0 unspecified atom stereocenters. The lowest BCUT2D eigenvalue weighted by Crippen LogP contribution is -2.36. The Balaban J connectivity index is 1.62. The van der Waals surface area contributed by atoms with Crippen molar-refractivity contribution < 1.29 is 19.4 Å². The molecule has 0 saturated carbocycles. The van der Waals surface area contributed by atoms with Crippen molar-refractivity contribution in [1.29, 1.82) is 0 Å². The molecule has 0 aliphatic rings. The molecule has 0 radical (unpaired) electrons. The van der Waals surface area contributed by atoms with Gasteiger partial charge in [-0.2, -0.15) is 0 Å². The number of ketones is 1. The van der Waals surface area contributed by atoms with Crippen molar-refractivity contribution >= 4 is 16.7 Å². The van der Waals surface area contributed by atoms with Gasteiger partial charge in [0.2, 0.25) is 0 Å². The van der Waals surface area contributed by atoms with Crippen molar-refractivity contribution in [3.8, 4) is 11.5 Å². The van der Waals surface area contributed by atoms with Gasteiger partial charge in [0, 0.05) is 12.1 Å². The van der Waals surface area contributed by atoms with Gasteiger partial charge < -0.3 is 19.6 Å². The summed E-state index contributed by atoms with van der Waals surface area (Å²) in [6, 6.07) is 12.1. The zero-order chi connectivity index (χ0) is 22.4. The van der Waals surface area contributed by atoms with E-state index in [0.717, 1.165) is 0 Å². The molecular formula is C23H27N3O5. The number of carbonyl (C=O) groups is 1. The van der Waals surface area contributed by atoms with Crippen molar-refractivity contribution in [2.45, 2.75) is 26.5 Å². The minimum absolute atomic E-state index is 0.0496. The van der Waals surface area contributed by atoms with Gasteiger partial charge in [-0.05, 0) is 43.8 Å². The van der Waals surface area contributed by atoms with Crippen LogP contribution in [-0.4, -0.2) is 58.7 Å². The number of carbonyl (C=O) groups excluding carboxylic acids is 1. The zero-order valence-corrected chi connectivity index (χ0v) is 17.9. The van der Waals surface area contributed by atoms with Crippen LogP contribution < -0.4 is 15.0 Å². The number of fused-ring (bicyclic) bond motifs is 1. The summed E-state index contributed by atoms with van der Waals surface area (Å²) in [4.78, 5) is 33.1. The van der Waals surface area contributed by atoms with Crippen LogP contribution in [0.5, 0.6) is 11.5 Å². The molecule has 8 nitrogen and oxygen atoms in total. The van der Waals surface area contributed by atoms with Crippen LogP contribution >= 0.6 is 0 Å². The average Bonchev–Trinajstić information content (AvgIpc) is 2.77. The number of benzene rings is 2. The molecule has 0 bridgehead atoms. The molecule has 0 aliphatic carbocycles. The SMILES string of the molecule is CCN(Cc1nc2ccccc2c(=O)[nH]1)C[C@@H](O)COc1ccc(C(C)=O)cc1OC. The Morgan fingerprint density at radius 3 is 2.71 bits per heavy atom. The highest BCUT2D eigenvalue weighted by molar-refractivity contribution is 5.94. The van der Waals surface area contributed by atoms with E-state index in [-0.39, 0.29) is 17.9 Å². The number of aliphatic hydroxyl groups excluding tert-OH is 1. The van der Waals surface area contributed by atoms with Crippen molar-refractivity contribution in [2.75, 3.05) is 26.8 Å². The summed E-state index contributed by atoms with van der Waals surface area (Å²) in [5.74, 6) is 1.37. The smallest absolute Gasteiger partial charge is 0.258 e. The van der Waals surface area contributed by atoms with E-state index in [0.29, 0.717) is 53.4 Å². The molecule has 0 fully saturated rings. The fraction of sp³-hybridized carbons (Fsp3) is 0.348. The number of aromatic nitrogens is 2. The number of hydrogen-bond donors (Lipinski definition) is 2. The molecule has 3 aromatic rings. The molecule has 3 rings (SSSR count). The third kappa shape index (κ3) is 5.68. The maximum atomic E-state index is 12.3. The van der Waals surface area contributed by atoms with E-state index >= 15 is 0 Å². The number of nitrogens with one attached hydrogen (secondary N) is 1. The van der Waals surface area contributed by atoms with Gasteiger partial charge in [0.15, 0.2) is 17.3 Å². The number of hydrogen-bond acceptors (Lipinski definition) is 7. The fourth-order valence-electron chi connectivity index (χ4n) is 3.27. The van der Waals surface area contributed by atoms with Gasteiger partial charge in [-0.1, -0.05) is 19.1 Å². The second kappa shape index (κ2) is 10.2. The minimum Gasteiger partial charge on any atom is -0.493 e. The number of ether oxygens (including phenoxy) is 2. The Morgan fingerprint density at radius 2 is 2.00 bits per heavy atom. The number of aromatic amines is 1. The number of methoxy groups -OCH3 is 1. The third-order valence-electron chi connectivity index (χ3n) is 4.95. The number of aliphatic hydroxyl groups is 1. The molecule has 0 saturated heterocycles. The highest BCUT2D eigenvalue weighted by atomic mass is 16.5. The van der Waals surface area contributed by atoms with Crippen molar-refractivity contribution in [2.24, 2.45) is 0 Å². The summed E-state index contributed by atoms with van der Waals surface area (Å²) in [6.07, 6.45) is -0.774. The number of H-pyrrole nitrogens is 1. The van der Waals surface area contributed by atoms with Crippen molar-refractivity contribution in [1.82, 2.24) is 14.9 Å². The second-order valence-corrected chi connectivity index (χ2v) is 7.24. The first-order valence-corrected chi connectivity index (χ1v) is 10.1. The van der Waals surface area contributed by atoms with Crippen LogP contribution in [0, 0.1) is 0 Å². The lowest BCUT2D eigenvalue weighted by molar-refractivity contribution is 0.0656. The van der Waals surface area contributed by atoms with E-state index in [1.165, 1.54) is 14.0 Å². The van der Waals surface area contributed by atoms with Crippen LogP contribution in [0.1, 0.15) is 30.0 Å². The topological polar surface area (TPSA) is 105 Å². The second-order valence-electron chi connectivity index (χ2n) is 7.24. The van der Waals surface area contributed by atoms with E-state index in [1.54, 1.807) is 36.4 Å². The number of para-hydroxylation sites is 1. The van der Waals surface area contributed by atoms with Gasteiger partial charge in [-0.15, -0.1) is 0 Å². The van der Waals surface area contributed by atoms with Crippen molar-refractivity contribution in [3.63, 3.8) is 0 Å². The molecule has 0 amide bonds. The van der Waals surface area contributed by atoms with Gasteiger partial charge >= 0.3 is 0 Å². The molecule has 0 spiro atoms. The van der Waals surface area contributed by atoms with Crippen molar-refractivity contribution in [3.05, 3.63) is 64.2 Å². The number of likely N-dealkylation sites (N-methyl/N-ethyl adjacent to an activating group) is 1. The fourth-order valence-corrected chi connectivity index (χ4v) is 3.27. The normalized spacial score (nSPS) is 12.2.